The van der Waals surface area contributed by atoms with Crippen LogP contribution in [0.15, 0.2) is 42.5 Å². The Balaban J connectivity index is 2.72. The monoisotopic (exact) mass is 592 g/mol. The predicted molar refractivity (Wildman–Crippen MR) is 119 cm³/mol. The lowest BCUT2D eigenvalue weighted by atomic mass is 9.92. The van der Waals surface area contributed by atoms with Gasteiger partial charge in [0.2, 0.25) is 0 Å². The fourth-order valence-electron chi connectivity index (χ4n) is 3.42. The van der Waals surface area contributed by atoms with Gasteiger partial charge in [0, 0.05) is 5.56 Å². The van der Waals surface area contributed by atoms with E-state index in [1.807, 2.05) is 0 Å². The maximum Gasteiger partial charge on any atom is 0.439 e. The molecular formula is C23H21F9N2O6. The van der Waals surface area contributed by atoms with Gasteiger partial charge in [-0.05, 0) is 31.2 Å². The summed E-state index contributed by atoms with van der Waals surface area (Å²) in [7, 11) is 1.18. The van der Waals surface area contributed by atoms with Crippen molar-refractivity contribution < 1.29 is 68.4 Å². The molecule has 0 aliphatic carbocycles. The highest BCUT2D eigenvalue weighted by molar-refractivity contribution is 5.97. The molecule has 8 nitrogen and oxygen atoms in total. The maximum atomic E-state index is 14.2. The van der Waals surface area contributed by atoms with Crippen molar-refractivity contribution >= 4 is 17.6 Å². The molecule has 1 atom stereocenters. The first-order valence-electron chi connectivity index (χ1n) is 10.8. The van der Waals surface area contributed by atoms with Crippen molar-refractivity contribution in [2.75, 3.05) is 26.1 Å². The number of halogens is 9. The van der Waals surface area contributed by atoms with Gasteiger partial charge in [-0.3, -0.25) is 4.79 Å². The number of carbonyl (C=O) groups is 2. The summed E-state index contributed by atoms with van der Waals surface area (Å²) in [4.78, 5) is 24.5. The fraction of sp³-hybridized carbons (Fsp3) is 0.391. The molecule has 0 aliphatic rings. The summed E-state index contributed by atoms with van der Waals surface area (Å²) >= 11 is 0. The van der Waals surface area contributed by atoms with Crippen molar-refractivity contribution in [3.05, 3.63) is 53.6 Å². The number of benzene rings is 2. The average molecular weight is 592 g/mol. The summed E-state index contributed by atoms with van der Waals surface area (Å²) in [5.74, 6) is -5.57. The van der Waals surface area contributed by atoms with Crippen LogP contribution < -0.4 is 20.1 Å². The predicted octanol–water partition coefficient (Wildman–Crippen LogP) is 4.68. The van der Waals surface area contributed by atoms with Gasteiger partial charge in [-0.2, -0.15) is 39.5 Å². The van der Waals surface area contributed by atoms with Crippen LogP contribution in [-0.2, 0) is 15.1 Å². The van der Waals surface area contributed by atoms with Crippen LogP contribution in [-0.4, -0.2) is 62.0 Å². The number of aliphatic hydroxyl groups is 1. The molecule has 222 valence electrons. The SMILES string of the molecule is CCOc1ccccc1C(=O)NC(Nc1ccc([C@](O)(C(=O)OC)C(F)(F)F)cc1OC)(C(F)(F)F)C(F)(F)F. The Kier molecular flexibility index (Phi) is 9.14. The summed E-state index contributed by atoms with van der Waals surface area (Å²) < 4.78 is 139. The number of para-hydroxylation sites is 1. The van der Waals surface area contributed by atoms with E-state index in [2.05, 4.69) is 9.47 Å². The molecule has 2 aromatic rings. The summed E-state index contributed by atoms with van der Waals surface area (Å²) in [6.07, 6.45) is -18.4. The molecule has 0 aromatic heterocycles. The highest BCUT2D eigenvalue weighted by Crippen LogP contribution is 2.47. The number of nitrogens with one attached hydrogen (secondary N) is 2. The van der Waals surface area contributed by atoms with E-state index in [4.69, 9.17) is 4.74 Å². The third-order valence-corrected chi connectivity index (χ3v) is 5.42. The smallest absolute Gasteiger partial charge is 0.439 e. The largest absolute Gasteiger partial charge is 0.495 e. The van der Waals surface area contributed by atoms with Crippen LogP contribution >= 0.6 is 0 Å². The molecule has 0 heterocycles. The van der Waals surface area contributed by atoms with E-state index >= 15 is 0 Å². The molecule has 0 bridgehead atoms. The Labute approximate surface area is 220 Å². The van der Waals surface area contributed by atoms with Gasteiger partial charge in [-0.25, -0.2) is 4.79 Å². The van der Waals surface area contributed by atoms with Crippen LogP contribution in [0.3, 0.4) is 0 Å². The van der Waals surface area contributed by atoms with Gasteiger partial charge >= 0.3 is 30.2 Å². The molecule has 40 heavy (non-hydrogen) atoms. The number of methoxy groups -OCH3 is 2. The quantitative estimate of drug-likeness (QED) is 0.221. The van der Waals surface area contributed by atoms with E-state index in [-0.39, 0.29) is 30.6 Å². The van der Waals surface area contributed by atoms with Crippen molar-refractivity contribution in [2.24, 2.45) is 0 Å². The number of alkyl halides is 9. The standard InChI is InChI=1S/C23H21F9N2O6/c1-4-40-15-8-6-5-7-13(15)17(35)34-20(22(27,28)29,23(30,31)32)33-14-10-9-12(11-16(14)38-2)19(37,18(36)39-3)21(24,25)26/h5-11,33,37H,4H2,1-3H3,(H,34,35)/t19-/m0/s1. The molecule has 0 saturated heterocycles. The topological polar surface area (TPSA) is 106 Å². The van der Waals surface area contributed by atoms with Gasteiger partial charge in [0.15, 0.2) is 0 Å². The minimum Gasteiger partial charge on any atom is -0.495 e. The van der Waals surface area contributed by atoms with E-state index in [0.29, 0.717) is 14.2 Å². The third-order valence-electron chi connectivity index (χ3n) is 5.42. The second-order valence-electron chi connectivity index (χ2n) is 7.87. The molecule has 0 unspecified atom stereocenters. The number of anilines is 1. The van der Waals surface area contributed by atoms with Crippen molar-refractivity contribution in [2.45, 2.75) is 36.7 Å². The van der Waals surface area contributed by atoms with Crippen LogP contribution in [0.25, 0.3) is 0 Å². The molecule has 0 fully saturated rings. The number of rotatable bonds is 9. The minimum atomic E-state index is -6.32. The lowest BCUT2D eigenvalue weighted by Crippen LogP contribution is -2.72. The summed E-state index contributed by atoms with van der Waals surface area (Å²) in [5, 5.41) is 12.1. The second-order valence-corrected chi connectivity index (χ2v) is 7.87. The van der Waals surface area contributed by atoms with Crippen molar-refractivity contribution in [1.29, 1.82) is 0 Å². The Morgan fingerprint density at radius 1 is 0.850 bits per heavy atom. The number of ether oxygens (including phenoxy) is 3. The second kappa shape index (κ2) is 11.3. The molecule has 17 heteroatoms. The Bertz CT molecular complexity index is 1220. The van der Waals surface area contributed by atoms with Crippen molar-refractivity contribution in [3.63, 3.8) is 0 Å². The molecule has 2 aromatic carbocycles. The first-order chi connectivity index (χ1) is 18.3. The number of hydrogen-bond acceptors (Lipinski definition) is 7. The summed E-state index contributed by atoms with van der Waals surface area (Å²) in [6.45, 7) is 1.35. The first-order valence-corrected chi connectivity index (χ1v) is 10.8. The normalized spacial score (nSPS) is 14.1. The molecule has 0 saturated carbocycles. The molecule has 0 radical (unpaired) electrons. The van der Waals surface area contributed by atoms with Crippen molar-refractivity contribution in [3.8, 4) is 11.5 Å². The van der Waals surface area contributed by atoms with Crippen LogP contribution in [0.4, 0.5) is 45.2 Å². The van der Waals surface area contributed by atoms with Gasteiger partial charge in [-0.1, -0.05) is 18.2 Å². The van der Waals surface area contributed by atoms with Crippen LogP contribution in [0.2, 0.25) is 0 Å². The van der Waals surface area contributed by atoms with Gasteiger partial charge in [0.25, 0.3) is 11.5 Å². The van der Waals surface area contributed by atoms with E-state index in [1.54, 1.807) is 0 Å². The first kappa shape index (κ1) is 32.3. The van der Waals surface area contributed by atoms with E-state index in [9.17, 15) is 54.2 Å². The average Bonchev–Trinajstić information content (AvgIpc) is 2.85. The van der Waals surface area contributed by atoms with Crippen LogP contribution in [0.5, 0.6) is 11.5 Å². The third kappa shape index (κ3) is 5.83. The molecule has 1 amide bonds. The van der Waals surface area contributed by atoms with Crippen molar-refractivity contribution in [1.82, 2.24) is 5.32 Å². The molecule has 0 aliphatic heterocycles. The summed E-state index contributed by atoms with van der Waals surface area (Å²) in [5.41, 5.74) is -12.9. The fourth-order valence-corrected chi connectivity index (χ4v) is 3.42. The van der Waals surface area contributed by atoms with Gasteiger partial charge < -0.3 is 30.0 Å². The Morgan fingerprint density at radius 3 is 1.90 bits per heavy atom. The molecule has 3 N–H and O–H groups in total. The Morgan fingerprint density at radius 2 is 1.43 bits per heavy atom. The molecule has 0 spiro atoms. The zero-order chi connectivity index (χ0) is 30.7. The zero-order valence-electron chi connectivity index (χ0n) is 20.6. The van der Waals surface area contributed by atoms with Gasteiger partial charge in [-0.15, -0.1) is 0 Å². The number of hydrogen-bond donors (Lipinski definition) is 3. The van der Waals surface area contributed by atoms with Gasteiger partial charge in [0.05, 0.1) is 32.1 Å². The highest BCUT2D eigenvalue weighted by Gasteiger charge is 2.73. The van der Waals surface area contributed by atoms with Gasteiger partial charge in [0.1, 0.15) is 11.5 Å². The van der Waals surface area contributed by atoms with Crippen LogP contribution in [0.1, 0.15) is 22.8 Å². The minimum absolute atomic E-state index is 0.0916. The summed E-state index contributed by atoms with van der Waals surface area (Å²) in [6, 6.07) is 5.13. The van der Waals surface area contributed by atoms with E-state index in [0.717, 1.165) is 28.8 Å². The van der Waals surface area contributed by atoms with Crippen LogP contribution in [0, 0.1) is 0 Å². The highest BCUT2D eigenvalue weighted by atomic mass is 19.4. The Hall–Kier alpha value is -3.89. The zero-order valence-corrected chi connectivity index (χ0v) is 20.6. The van der Waals surface area contributed by atoms with E-state index < -0.39 is 64.2 Å². The van der Waals surface area contributed by atoms with E-state index in [1.165, 1.54) is 13.0 Å². The maximum absolute atomic E-state index is 14.2. The molecule has 2 rings (SSSR count). The lowest BCUT2D eigenvalue weighted by Gasteiger charge is -2.39. The molecular weight excluding hydrogens is 571 g/mol. The lowest BCUT2D eigenvalue weighted by molar-refractivity contribution is -0.294. The number of esters is 1. The number of carbonyl (C=O) groups excluding carboxylic acids is 2. The number of amides is 1.